The normalized spacial score (nSPS) is 11.6. The van der Waals surface area contributed by atoms with Crippen molar-refractivity contribution in [3.05, 3.63) is 103 Å². The number of anilines is 2. The molecule has 2 heterocycles. The van der Waals surface area contributed by atoms with E-state index in [1.54, 1.807) is 11.3 Å². The largest absolute Gasteiger partial charge is 0.456 e. The summed E-state index contributed by atoms with van der Waals surface area (Å²) in [5, 5.41) is 9.24. The first-order chi connectivity index (χ1) is 16.3. The minimum Gasteiger partial charge on any atom is -0.456 e. The van der Waals surface area contributed by atoms with Crippen LogP contribution in [0, 0.1) is 0 Å². The summed E-state index contributed by atoms with van der Waals surface area (Å²) in [5.41, 5.74) is 6.01. The van der Waals surface area contributed by atoms with Gasteiger partial charge in [0.05, 0.1) is 10.2 Å². The van der Waals surface area contributed by atoms with Crippen molar-refractivity contribution in [3.8, 4) is 10.6 Å². The standard InChI is InChI=1S/C29H18N2OS/c1-2-6-20-16-26-24(15-19(20)5-1)23-14-13-22(17-27(23)32-26)30-21-11-9-18(10-12-21)29-31-25-7-3-4-8-28(25)33-29/h1-17,30H. The molecule has 3 nitrogen and oxygen atoms in total. The number of rotatable bonds is 3. The van der Waals surface area contributed by atoms with Crippen molar-refractivity contribution in [2.24, 2.45) is 0 Å². The SMILES string of the molecule is c1ccc2cc3c(cc2c1)oc1cc(Nc2ccc(-c4nc5ccccc5s4)cc2)ccc13. The van der Waals surface area contributed by atoms with Gasteiger partial charge in [-0.1, -0.05) is 36.4 Å². The molecule has 0 spiro atoms. The van der Waals surface area contributed by atoms with Gasteiger partial charge in [-0.15, -0.1) is 11.3 Å². The Morgan fingerprint density at radius 1 is 0.636 bits per heavy atom. The number of fused-ring (bicyclic) bond motifs is 5. The van der Waals surface area contributed by atoms with E-state index in [9.17, 15) is 0 Å². The number of nitrogens with one attached hydrogen (secondary N) is 1. The van der Waals surface area contributed by atoms with E-state index in [0.29, 0.717) is 0 Å². The van der Waals surface area contributed by atoms with E-state index < -0.39 is 0 Å². The topological polar surface area (TPSA) is 38.1 Å². The number of hydrogen-bond donors (Lipinski definition) is 1. The van der Waals surface area contributed by atoms with Crippen molar-refractivity contribution in [1.82, 2.24) is 4.98 Å². The highest BCUT2D eigenvalue weighted by molar-refractivity contribution is 7.21. The van der Waals surface area contributed by atoms with Crippen LogP contribution in [-0.2, 0) is 0 Å². The van der Waals surface area contributed by atoms with Crippen LogP contribution in [0.1, 0.15) is 0 Å². The van der Waals surface area contributed by atoms with E-state index in [2.05, 4.69) is 102 Å². The number of furan rings is 1. The molecule has 0 aliphatic rings. The van der Waals surface area contributed by atoms with Crippen molar-refractivity contribution in [2.75, 3.05) is 5.32 Å². The Morgan fingerprint density at radius 3 is 2.21 bits per heavy atom. The Morgan fingerprint density at radius 2 is 1.36 bits per heavy atom. The predicted octanol–water partition coefficient (Wildman–Crippen LogP) is 8.76. The number of aromatic nitrogens is 1. The molecule has 0 saturated carbocycles. The van der Waals surface area contributed by atoms with Crippen LogP contribution in [0.4, 0.5) is 11.4 Å². The van der Waals surface area contributed by atoms with Crippen LogP contribution in [-0.4, -0.2) is 4.98 Å². The Hall–Kier alpha value is -4.15. The maximum atomic E-state index is 6.20. The number of thiazole rings is 1. The summed E-state index contributed by atoms with van der Waals surface area (Å²) in [5.74, 6) is 0. The molecule has 4 heteroatoms. The van der Waals surface area contributed by atoms with Gasteiger partial charge in [0.25, 0.3) is 0 Å². The number of benzene rings is 5. The monoisotopic (exact) mass is 442 g/mol. The summed E-state index contributed by atoms with van der Waals surface area (Å²) in [6.45, 7) is 0. The van der Waals surface area contributed by atoms with Crippen LogP contribution in [0.25, 0.3) is 53.5 Å². The van der Waals surface area contributed by atoms with Crippen molar-refractivity contribution in [3.63, 3.8) is 0 Å². The van der Waals surface area contributed by atoms with Crippen molar-refractivity contribution in [2.45, 2.75) is 0 Å². The fourth-order valence-electron chi connectivity index (χ4n) is 4.40. The van der Waals surface area contributed by atoms with Crippen LogP contribution in [0.15, 0.2) is 108 Å². The molecule has 5 aromatic carbocycles. The molecule has 0 saturated heterocycles. The maximum Gasteiger partial charge on any atom is 0.137 e. The molecule has 7 rings (SSSR count). The Bertz CT molecular complexity index is 1760. The van der Waals surface area contributed by atoms with E-state index >= 15 is 0 Å². The molecular formula is C29H18N2OS. The first kappa shape index (κ1) is 18.4. The number of para-hydroxylation sites is 1. The van der Waals surface area contributed by atoms with E-state index in [0.717, 1.165) is 49.4 Å². The van der Waals surface area contributed by atoms with Gasteiger partial charge in [-0.3, -0.25) is 0 Å². The first-order valence-electron chi connectivity index (χ1n) is 10.9. The fraction of sp³-hybridized carbons (Fsp3) is 0. The average Bonchev–Trinajstić information content (AvgIpc) is 3.44. The molecule has 0 amide bonds. The van der Waals surface area contributed by atoms with Crippen molar-refractivity contribution >= 4 is 65.6 Å². The zero-order chi connectivity index (χ0) is 21.8. The Labute approximate surface area is 193 Å². The average molecular weight is 443 g/mol. The Balaban J connectivity index is 1.20. The lowest BCUT2D eigenvalue weighted by Gasteiger charge is -2.07. The van der Waals surface area contributed by atoms with Crippen LogP contribution < -0.4 is 5.32 Å². The molecule has 0 radical (unpaired) electrons. The summed E-state index contributed by atoms with van der Waals surface area (Å²) in [6.07, 6.45) is 0. The van der Waals surface area contributed by atoms with Crippen LogP contribution in [0.5, 0.6) is 0 Å². The summed E-state index contributed by atoms with van der Waals surface area (Å²) in [4.78, 5) is 4.76. The lowest BCUT2D eigenvalue weighted by Crippen LogP contribution is -1.89. The van der Waals surface area contributed by atoms with Gasteiger partial charge in [0, 0.05) is 33.8 Å². The highest BCUT2D eigenvalue weighted by Gasteiger charge is 2.10. The number of hydrogen-bond acceptors (Lipinski definition) is 4. The molecule has 0 aliphatic heterocycles. The van der Waals surface area contributed by atoms with Crippen molar-refractivity contribution in [1.29, 1.82) is 0 Å². The summed E-state index contributed by atoms with van der Waals surface area (Å²) >= 11 is 1.72. The minimum absolute atomic E-state index is 0.886. The zero-order valence-electron chi connectivity index (χ0n) is 17.6. The third kappa shape index (κ3) is 3.15. The smallest absolute Gasteiger partial charge is 0.137 e. The van der Waals surface area contributed by atoms with E-state index in [1.807, 2.05) is 6.07 Å². The number of nitrogens with zero attached hydrogens (tertiary/aromatic N) is 1. The second-order valence-electron chi connectivity index (χ2n) is 8.20. The second kappa shape index (κ2) is 7.19. The molecule has 7 aromatic rings. The molecule has 0 unspecified atom stereocenters. The summed E-state index contributed by atoms with van der Waals surface area (Å²) in [7, 11) is 0. The van der Waals surface area contributed by atoms with Gasteiger partial charge in [0.1, 0.15) is 16.2 Å². The van der Waals surface area contributed by atoms with Crippen LogP contribution in [0.2, 0.25) is 0 Å². The van der Waals surface area contributed by atoms with Gasteiger partial charge in [-0.2, -0.15) is 0 Å². The molecule has 0 fully saturated rings. The molecule has 0 bridgehead atoms. The summed E-state index contributed by atoms with van der Waals surface area (Å²) in [6, 6.07) is 35.7. The van der Waals surface area contributed by atoms with Gasteiger partial charge < -0.3 is 9.73 Å². The first-order valence-corrected chi connectivity index (χ1v) is 11.7. The molecule has 1 N–H and O–H groups in total. The van der Waals surface area contributed by atoms with Crippen LogP contribution >= 0.6 is 11.3 Å². The minimum atomic E-state index is 0.886. The lowest BCUT2D eigenvalue weighted by atomic mass is 10.1. The maximum absolute atomic E-state index is 6.20. The quantitative estimate of drug-likeness (QED) is 0.297. The third-order valence-corrected chi connectivity index (χ3v) is 7.14. The zero-order valence-corrected chi connectivity index (χ0v) is 18.4. The molecule has 2 aromatic heterocycles. The van der Waals surface area contributed by atoms with Crippen molar-refractivity contribution < 1.29 is 4.42 Å². The van der Waals surface area contributed by atoms with E-state index in [1.165, 1.54) is 15.5 Å². The summed E-state index contributed by atoms with van der Waals surface area (Å²) < 4.78 is 7.41. The van der Waals surface area contributed by atoms with Gasteiger partial charge in [-0.25, -0.2) is 4.98 Å². The van der Waals surface area contributed by atoms with E-state index in [4.69, 9.17) is 9.40 Å². The van der Waals surface area contributed by atoms with Gasteiger partial charge >= 0.3 is 0 Å². The molecule has 33 heavy (non-hydrogen) atoms. The van der Waals surface area contributed by atoms with Gasteiger partial charge in [-0.05, 0) is 71.4 Å². The highest BCUT2D eigenvalue weighted by Crippen LogP contribution is 2.35. The Kier molecular flexibility index (Phi) is 4.01. The van der Waals surface area contributed by atoms with Gasteiger partial charge in [0.15, 0.2) is 0 Å². The van der Waals surface area contributed by atoms with E-state index in [-0.39, 0.29) is 0 Å². The molecule has 0 aliphatic carbocycles. The highest BCUT2D eigenvalue weighted by atomic mass is 32.1. The molecule has 156 valence electrons. The lowest BCUT2D eigenvalue weighted by molar-refractivity contribution is 0.669. The molecule has 0 atom stereocenters. The van der Waals surface area contributed by atoms with Crippen LogP contribution in [0.3, 0.4) is 0 Å². The second-order valence-corrected chi connectivity index (χ2v) is 9.23. The predicted molar refractivity (Wildman–Crippen MR) is 140 cm³/mol. The molecular weight excluding hydrogens is 424 g/mol. The fourth-order valence-corrected chi connectivity index (χ4v) is 5.37. The third-order valence-electron chi connectivity index (χ3n) is 6.05. The van der Waals surface area contributed by atoms with Gasteiger partial charge in [0.2, 0.25) is 0 Å².